The molecule has 76 valence electrons. The largest absolute Gasteiger partial charge is 0.391 e. The minimum absolute atomic E-state index is 0.102. The number of rotatable bonds is 2. The molecule has 1 fully saturated rings. The van der Waals surface area contributed by atoms with Gasteiger partial charge in [-0.2, -0.15) is 0 Å². The van der Waals surface area contributed by atoms with Crippen molar-refractivity contribution in [3.05, 3.63) is 17.3 Å². The molecule has 14 heavy (non-hydrogen) atoms. The number of nitrogens with one attached hydrogen (secondary N) is 1. The van der Waals surface area contributed by atoms with Crippen LogP contribution in [0.15, 0.2) is 12.1 Å². The van der Waals surface area contributed by atoms with Crippen LogP contribution in [0.25, 0.3) is 0 Å². The Bertz CT molecular complexity index is 303. The zero-order chi connectivity index (χ0) is 9.97. The summed E-state index contributed by atoms with van der Waals surface area (Å²) >= 11 is 5.61. The van der Waals surface area contributed by atoms with Crippen LogP contribution in [0.3, 0.4) is 0 Å². The van der Waals surface area contributed by atoms with E-state index in [2.05, 4.69) is 15.5 Å². The highest BCUT2D eigenvalue weighted by Crippen LogP contribution is 2.22. The lowest BCUT2D eigenvalue weighted by Crippen LogP contribution is -2.28. The SMILES string of the molecule is O[C@H]1CCC[C@@H]1Nc1ccc(Cl)nn1. The topological polar surface area (TPSA) is 58.0 Å². The average molecular weight is 214 g/mol. The smallest absolute Gasteiger partial charge is 0.151 e. The first-order chi connectivity index (χ1) is 6.75. The van der Waals surface area contributed by atoms with Crippen LogP contribution < -0.4 is 5.32 Å². The molecule has 0 aromatic carbocycles. The van der Waals surface area contributed by atoms with Gasteiger partial charge < -0.3 is 10.4 Å². The van der Waals surface area contributed by atoms with E-state index in [1.807, 2.05) is 0 Å². The molecule has 0 saturated heterocycles. The van der Waals surface area contributed by atoms with Crippen molar-refractivity contribution in [1.29, 1.82) is 0 Å². The standard InChI is InChI=1S/C9H12ClN3O/c10-8-4-5-9(13-12-8)11-6-2-1-3-7(6)14/h4-7,14H,1-3H2,(H,11,13)/t6-,7-/m0/s1. The minimum Gasteiger partial charge on any atom is -0.391 e. The Labute approximate surface area is 87.3 Å². The molecule has 2 N–H and O–H groups in total. The van der Waals surface area contributed by atoms with E-state index in [1.54, 1.807) is 12.1 Å². The third-order valence-electron chi connectivity index (χ3n) is 2.44. The summed E-state index contributed by atoms with van der Waals surface area (Å²) in [6.45, 7) is 0. The molecule has 4 nitrogen and oxygen atoms in total. The summed E-state index contributed by atoms with van der Waals surface area (Å²) in [5.41, 5.74) is 0. The number of hydrogen-bond acceptors (Lipinski definition) is 4. The maximum atomic E-state index is 9.57. The Kier molecular flexibility index (Phi) is 2.84. The van der Waals surface area contributed by atoms with Crippen LogP contribution in [0.4, 0.5) is 5.82 Å². The molecule has 2 rings (SSSR count). The highest BCUT2D eigenvalue weighted by molar-refractivity contribution is 6.29. The van der Waals surface area contributed by atoms with Gasteiger partial charge in [-0.3, -0.25) is 0 Å². The quantitative estimate of drug-likeness (QED) is 0.781. The van der Waals surface area contributed by atoms with Crippen molar-refractivity contribution in [2.45, 2.75) is 31.4 Å². The van der Waals surface area contributed by atoms with Gasteiger partial charge >= 0.3 is 0 Å². The molecular weight excluding hydrogens is 202 g/mol. The van der Waals surface area contributed by atoms with Crippen LogP contribution in [0, 0.1) is 0 Å². The molecule has 0 unspecified atom stereocenters. The number of aliphatic hydroxyl groups is 1. The molecule has 1 aromatic rings. The number of anilines is 1. The molecule has 0 radical (unpaired) electrons. The zero-order valence-electron chi connectivity index (χ0n) is 7.65. The molecule has 1 aliphatic carbocycles. The summed E-state index contributed by atoms with van der Waals surface area (Å²) in [4.78, 5) is 0. The summed E-state index contributed by atoms with van der Waals surface area (Å²) in [5.74, 6) is 0.667. The van der Waals surface area contributed by atoms with Crippen molar-refractivity contribution >= 4 is 17.4 Å². The van der Waals surface area contributed by atoms with Crippen molar-refractivity contribution in [2.75, 3.05) is 5.32 Å². The first-order valence-corrected chi connectivity index (χ1v) is 5.07. The molecular formula is C9H12ClN3O. The Morgan fingerprint density at radius 3 is 2.79 bits per heavy atom. The Morgan fingerprint density at radius 1 is 1.36 bits per heavy atom. The molecule has 0 amide bonds. The third-order valence-corrected chi connectivity index (χ3v) is 2.65. The Morgan fingerprint density at radius 2 is 2.21 bits per heavy atom. The van der Waals surface area contributed by atoms with E-state index >= 15 is 0 Å². The second-order valence-electron chi connectivity index (χ2n) is 3.49. The fourth-order valence-electron chi connectivity index (χ4n) is 1.69. The molecule has 2 atom stereocenters. The summed E-state index contributed by atoms with van der Waals surface area (Å²) < 4.78 is 0. The highest BCUT2D eigenvalue weighted by Gasteiger charge is 2.25. The van der Waals surface area contributed by atoms with Crippen LogP contribution in [0.1, 0.15) is 19.3 Å². The lowest BCUT2D eigenvalue weighted by molar-refractivity contribution is 0.171. The normalized spacial score (nSPS) is 26.4. The van der Waals surface area contributed by atoms with E-state index in [-0.39, 0.29) is 12.1 Å². The maximum Gasteiger partial charge on any atom is 0.151 e. The molecule has 1 aromatic heterocycles. The van der Waals surface area contributed by atoms with Gasteiger partial charge in [-0.05, 0) is 31.4 Å². The third kappa shape index (κ3) is 2.13. The van der Waals surface area contributed by atoms with Crippen molar-refractivity contribution in [3.63, 3.8) is 0 Å². The van der Waals surface area contributed by atoms with E-state index in [9.17, 15) is 5.11 Å². The minimum atomic E-state index is -0.271. The van der Waals surface area contributed by atoms with Crippen LogP contribution in [-0.2, 0) is 0 Å². The lowest BCUT2D eigenvalue weighted by Gasteiger charge is -2.16. The summed E-state index contributed by atoms with van der Waals surface area (Å²) in [6, 6.07) is 3.55. The summed E-state index contributed by atoms with van der Waals surface area (Å²) in [5, 5.41) is 20.7. The van der Waals surface area contributed by atoms with Crippen LogP contribution in [-0.4, -0.2) is 27.4 Å². The van der Waals surface area contributed by atoms with E-state index in [0.717, 1.165) is 19.3 Å². The van der Waals surface area contributed by atoms with E-state index < -0.39 is 0 Å². The molecule has 5 heteroatoms. The van der Waals surface area contributed by atoms with Gasteiger partial charge in [-0.15, -0.1) is 10.2 Å². The first kappa shape index (κ1) is 9.68. The van der Waals surface area contributed by atoms with Crippen molar-refractivity contribution < 1.29 is 5.11 Å². The van der Waals surface area contributed by atoms with Gasteiger partial charge in [-0.1, -0.05) is 11.6 Å². The Hall–Kier alpha value is -0.870. The van der Waals surface area contributed by atoms with Crippen LogP contribution in [0.2, 0.25) is 5.15 Å². The summed E-state index contributed by atoms with van der Waals surface area (Å²) in [7, 11) is 0. The fourth-order valence-corrected chi connectivity index (χ4v) is 1.79. The summed E-state index contributed by atoms with van der Waals surface area (Å²) in [6.07, 6.45) is 2.62. The van der Waals surface area contributed by atoms with Gasteiger partial charge in [0.2, 0.25) is 0 Å². The molecule has 0 bridgehead atoms. The highest BCUT2D eigenvalue weighted by atomic mass is 35.5. The fraction of sp³-hybridized carbons (Fsp3) is 0.556. The predicted molar refractivity (Wildman–Crippen MR) is 54.3 cm³/mol. The lowest BCUT2D eigenvalue weighted by atomic mass is 10.2. The van der Waals surface area contributed by atoms with Crippen molar-refractivity contribution in [2.24, 2.45) is 0 Å². The van der Waals surface area contributed by atoms with Crippen molar-refractivity contribution in [3.8, 4) is 0 Å². The monoisotopic (exact) mass is 213 g/mol. The van der Waals surface area contributed by atoms with Gasteiger partial charge in [0.1, 0.15) is 5.82 Å². The van der Waals surface area contributed by atoms with Crippen LogP contribution >= 0.6 is 11.6 Å². The second kappa shape index (κ2) is 4.11. The van der Waals surface area contributed by atoms with E-state index in [4.69, 9.17) is 11.6 Å². The van der Waals surface area contributed by atoms with Gasteiger partial charge in [0.15, 0.2) is 5.15 Å². The van der Waals surface area contributed by atoms with E-state index in [0.29, 0.717) is 11.0 Å². The molecule has 0 spiro atoms. The van der Waals surface area contributed by atoms with Gasteiger partial charge in [0, 0.05) is 0 Å². The average Bonchev–Trinajstić information content (AvgIpc) is 2.56. The van der Waals surface area contributed by atoms with E-state index in [1.165, 1.54) is 0 Å². The molecule has 1 saturated carbocycles. The first-order valence-electron chi connectivity index (χ1n) is 4.69. The maximum absolute atomic E-state index is 9.57. The second-order valence-corrected chi connectivity index (χ2v) is 3.88. The van der Waals surface area contributed by atoms with Gasteiger partial charge in [0.25, 0.3) is 0 Å². The number of nitrogens with zero attached hydrogens (tertiary/aromatic N) is 2. The Balaban J connectivity index is 2.00. The molecule has 1 aliphatic rings. The molecule has 0 aliphatic heterocycles. The van der Waals surface area contributed by atoms with Gasteiger partial charge in [0.05, 0.1) is 12.1 Å². The number of aliphatic hydroxyl groups excluding tert-OH is 1. The van der Waals surface area contributed by atoms with Gasteiger partial charge in [-0.25, -0.2) is 0 Å². The van der Waals surface area contributed by atoms with Crippen LogP contribution in [0.5, 0.6) is 0 Å². The number of aromatic nitrogens is 2. The number of hydrogen-bond donors (Lipinski definition) is 2. The predicted octanol–water partition coefficient (Wildman–Crippen LogP) is 1.46. The number of halogens is 1. The van der Waals surface area contributed by atoms with Crippen molar-refractivity contribution in [1.82, 2.24) is 10.2 Å². The molecule has 1 heterocycles. The zero-order valence-corrected chi connectivity index (χ0v) is 8.41.